The zero-order valence-corrected chi connectivity index (χ0v) is 23.5. The van der Waals surface area contributed by atoms with Gasteiger partial charge >= 0.3 is 6.03 Å². The Morgan fingerprint density at radius 2 is 1.79 bits per heavy atom. The second-order valence-corrected chi connectivity index (χ2v) is 11.6. The normalized spacial score (nSPS) is 16.2. The van der Waals surface area contributed by atoms with E-state index in [2.05, 4.69) is 58.7 Å². The van der Waals surface area contributed by atoms with Gasteiger partial charge in [-0.15, -0.1) is 23.1 Å². The molecular formula is C30H31N3O3S2. The number of anilines is 1. The summed E-state index contributed by atoms with van der Waals surface area (Å²) in [5.41, 5.74) is 5.58. The topological polar surface area (TPSA) is 55.7 Å². The minimum absolute atomic E-state index is 0.146. The van der Waals surface area contributed by atoms with Crippen LogP contribution in [0.1, 0.15) is 46.1 Å². The summed E-state index contributed by atoms with van der Waals surface area (Å²) in [6, 6.07) is 17.9. The van der Waals surface area contributed by atoms with Gasteiger partial charge in [0.05, 0.1) is 32.5 Å². The monoisotopic (exact) mass is 545 g/mol. The zero-order valence-electron chi connectivity index (χ0n) is 21.8. The van der Waals surface area contributed by atoms with Crippen molar-refractivity contribution in [2.45, 2.75) is 43.2 Å². The van der Waals surface area contributed by atoms with E-state index >= 15 is 0 Å². The number of aromatic nitrogens is 1. The van der Waals surface area contributed by atoms with E-state index < -0.39 is 0 Å². The van der Waals surface area contributed by atoms with Crippen molar-refractivity contribution in [2.24, 2.45) is 0 Å². The maximum atomic E-state index is 14.1. The number of ether oxygens (including phenoxy) is 2. The molecule has 6 rings (SSSR count). The van der Waals surface area contributed by atoms with Crippen LogP contribution in [0, 0.1) is 0 Å². The molecule has 0 bridgehead atoms. The summed E-state index contributed by atoms with van der Waals surface area (Å²) in [5.74, 6) is 1.20. The van der Waals surface area contributed by atoms with Gasteiger partial charge in [0.15, 0.2) is 11.5 Å². The fraction of sp³-hybridized carbons (Fsp3) is 0.300. The van der Waals surface area contributed by atoms with Crippen molar-refractivity contribution in [3.8, 4) is 16.5 Å². The first-order valence-electron chi connectivity index (χ1n) is 12.9. The van der Waals surface area contributed by atoms with E-state index in [1.54, 1.807) is 32.0 Å². The molecule has 3 heterocycles. The van der Waals surface area contributed by atoms with E-state index in [9.17, 15) is 4.79 Å². The van der Waals surface area contributed by atoms with Crippen molar-refractivity contribution in [3.63, 3.8) is 0 Å². The summed E-state index contributed by atoms with van der Waals surface area (Å²) < 4.78 is 13.2. The Kier molecular flexibility index (Phi) is 6.84. The van der Waals surface area contributed by atoms with Crippen LogP contribution in [0.4, 0.5) is 10.5 Å². The fourth-order valence-corrected chi connectivity index (χ4v) is 7.44. The van der Waals surface area contributed by atoms with Crippen LogP contribution >= 0.6 is 23.1 Å². The highest BCUT2D eigenvalue weighted by Crippen LogP contribution is 2.44. The van der Waals surface area contributed by atoms with Crippen molar-refractivity contribution >= 4 is 34.8 Å². The third-order valence-corrected chi connectivity index (χ3v) is 9.58. The van der Waals surface area contributed by atoms with Crippen molar-refractivity contribution in [3.05, 3.63) is 88.1 Å². The number of benzene rings is 2. The number of carbonyl (C=O) groups is 1. The lowest BCUT2D eigenvalue weighted by Crippen LogP contribution is -2.38. The Hall–Kier alpha value is -3.36. The number of rotatable bonds is 5. The van der Waals surface area contributed by atoms with E-state index in [0.717, 1.165) is 24.1 Å². The van der Waals surface area contributed by atoms with Crippen LogP contribution in [0.15, 0.2) is 65.7 Å². The van der Waals surface area contributed by atoms with Gasteiger partial charge < -0.3 is 24.3 Å². The molecule has 0 saturated heterocycles. The molecule has 6 nitrogen and oxygen atoms in total. The van der Waals surface area contributed by atoms with E-state index in [0.29, 0.717) is 23.7 Å². The van der Waals surface area contributed by atoms with Gasteiger partial charge in [0.25, 0.3) is 0 Å². The summed E-state index contributed by atoms with van der Waals surface area (Å²) in [7, 11) is 3.20. The number of thiophene rings is 1. The van der Waals surface area contributed by atoms with Gasteiger partial charge in [0.2, 0.25) is 0 Å². The van der Waals surface area contributed by atoms with Crippen molar-refractivity contribution in [1.29, 1.82) is 0 Å². The highest BCUT2D eigenvalue weighted by atomic mass is 32.2. The minimum Gasteiger partial charge on any atom is -0.493 e. The molecule has 0 spiro atoms. The number of carbonyl (C=O) groups excluding carboxylic acids is 1. The standard InChI is InChI=1S/C30H31N3O3S2/c1-35-25-15-12-20(17-26(25)36-2)31-30(34)33-18-23-22-7-4-5-9-27(22)38-29(23)32-16-6-8-24(32)28(33)19-10-13-21(37-3)14-11-19/h6,8,10-17,28H,4-5,7,9,18H2,1-3H3,(H,31,34)/t28-/m0/s1. The Bertz CT molecular complexity index is 1470. The van der Waals surface area contributed by atoms with Gasteiger partial charge in [-0.2, -0.15) is 0 Å². The Morgan fingerprint density at radius 3 is 2.55 bits per heavy atom. The molecule has 2 aliphatic rings. The molecule has 2 amide bonds. The van der Waals surface area contributed by atoms with E-state index in [1.807, 2.05) is 28.4 Å². The van der Waals surface area contributed by atoms with Gasteiger partial charge in [-0.1, -0.05) is 12.1 Å². The number of methoxy groups -OCH3 is 2. The lowest BCUT2D eigenvalue weighted by molar-refractivity contribution is 0.194. The maximum absolute atomic E-state index is 14.1. The summed E-state index contributed by atoms with van der Waals surface area (Å²) in [6.45, 7) is 0.552. The SMILES string of the molecule is COc1ccc(NC(=O)N2Cc3c(sc4c3CCCC4)-n3cccc3[C@@H]2c2ccc(SC)cc2)cc1OC. The number of nitrogens with one attached hydrogen (secondary N) is 1. The van der Waals surface area contributed by atoms with Crippen LogP contribution in [0.3, 0.4) is 0 Å². The second-order valence-electron chi connectivity index (χ2n) is 9.60. The van der Waals surface area contributed by atoms with Crippen LogP contribution in [0.5, 0.6) is 11.5 Å². The number of aryl methyl sites for hydroxylation is 1. The summed E-state index contributed by atoms with van der Waals surface area (Å²) in [5, 5.41) is 4.41. The van der Waals surface area contributed by atoms with Crippen LogP contribution in [0.2, 0.25) is 0 Å². The first kappa shape index (κ1) is 24.9. The average Bonchev–Trinajstić information content (AvgIpc) is 3.55. The molecule has 0 saturated carbocycles. The number of nitrogens with zero attached hydrogens (tertiary/aromatic N) is 2. The van der Waals surface area contributed by atoms with Gasteiger partial charge in [0.1, 0.15) is 5.00 Å². The highest BCUT2D eigenvalue weighted by molar-refractivity contribution is 7.98. The lowest BCUT2D eigenvalue weighted by atomic mass is 9.95. The first-order valence-corrected chi connectivity index (χ1v) is 14.9. The van der Waals surface area contributed by atoms with E-state index in [-0.39, 0.29) is 12.1 Å². The largest absolute Gasteiger partial charge is 0.493 e. The van der Waals surface area contributed by atoms with Crippen LogP contribution in [-0.4, -0.2) is 36.0 Å². The summed E-state index contributed by atoms with van der Waals surface area (Å²) >= 11 is 3.62. The molecule has 2 aromatic carbocycles. The number of fused-ring (bicyclic) bond motifs is 5. The average molecular weight is 546 g/mol. The molecule has 1 atom stereocenters. The molecule has 1 aliphatic heterocycles. The van der Waals surface area contributed by atoms with Crippen LogP contribution < -0.4 is 14.8 Å². The number of amides is 2. The third kappa shape index (κ3) is 4.35. The highest BCUT2D eigenvalue weighted by Gasteiger charge is 2.36. The molecule has 1 aliphatic carbocycles. The number of urea groups is 1. The predicted molar refractivity (Wildman–Crippen MR) is 154 cm³/mol. The summed E-state index contributed by atoms with van der Waals surface area (Å²) in [4.78, 5) is 18.8. The molecule has 2 aromatic heterocycles. The Morgan fingerprint density at radius 1 is 1.00 bits per heavy atom. The zero-order chi connectivity index (χ0) is 26.2. The van der Waals surface area contributed by atoms with Gasteiger partial charge in [-0.25, -0.2) is 4.79 Å². The van der Waals surface area contributed by atoms with Crippen molar-refractivity contribution in [1.82, 2.24) is 9.47 Å². The Labute approximate surface area is 231 Å². The molecular weight excluding hydrogens is 514 g/mol. The summed E-state index contributed by atoms with van der Waals surface area (Å²) in [6.07, 6.45) is 8.87. The van der Waals surface area contributed by atoms with Crippen molar-refractivity contribution in [2.75, 3.05) is 25.8 Å². The Balaban J connectivity index is 1.45. The first-order chi connectivity index (χ1) is 18.6. The van der Waals surface area contributed by atoms with Crippen LogP contribution in [-0.2, 0) is 19.4 Å². The smallest absolute Gasteiger partial charge is 0.322 e. The van der Waals surface area contributed by atoms with Gasteiger partial charge in [-0.3, -0.25) is 0 Å². The molecule has 0 unspecified atom stereocenters. The molecule has 0 radical (unpaired) electrons. The second kappa shape index (κ2) is 10.4. The van der Waals surface area contributed by atoms with Crippen LogP contribution in [0.25, 0.3) is 5.00 Å². The molecule has 0 fully saturated rings. The molecule has 8 heteroatoms. The maximum Gasteiger partial charge on any atom is 0.322 e. The number of hydrogen-bond acceptors (Lipinski definition) is 5. The van der Waals surface area contributed by atoms with E-state index in [4.69, 9.17) is 9.47 Å². The quantitative estimate of drug-likeness (QED) is 0.268. The third-order valence-electron chi connectivity index (χ3n) is 7.51. The van der Waals surface area contributed by atoms with E-state index in [1.165, 1.54) is 38.7 Å². The minimum atomic E-state index is -0.236. The molecule has 38 heavy (non-hydrogen) atoms. The van der Waals surface area contributed by atoms with Crippen molar-refractivity contribution < 1.29 is 14.3 Å². The van der Waals surface area contributed by atoms with Gasteiger partial charge in [0, 0.05) is 33.3 Å². The number of thioether (sulfide) groups is 1. The fourth-order valence-electron chi connectivity index (χ4n) is 5.63. The molecule has 196 valence electrons. The lowest BCUT2D eigenvalue weighted by Gasteiger charge is -2.31. The molecule has 1 N–H and O–H groups in total. The predicted octanol–water partition coefficient (Wildman–Crippen LogP) is 7.29. The number of hydrogen-bond donors (Lipinski definition) is 1. The molecule has 4 aromatic rings. The van der Waals surface area contributed by atoms with Gasteiger partial charge in [-0.05, 0) is 79.5 Å².